The molecule has 4 rings (SSSR count). The highest BCUT2D eigenvalue weighted by molar-refractivity contribution is 5.96. The molecule has 92 valence electrons. The molecular weight excluding hydrogens is 238 g/mol. The SMILES string of the molecule is Cc1c[nH]c2nccc(-c3ccc4ncoc4c3)c12. The molecule has 19 heavy (non-hydrogen) atoms. The summed E-state index contributed by atoms with van der Waals surface area (Å²) in [6, 6.07) is 8.08. The molecule has 0 bridgehead atoms. The number of fused-ring (bicyclic) bond motifs is 2. The number of oxazole rings is 1. The second-order valence-corrected chi connectivity index (χ2v) is 4.59. The average molecular weight is 249 g/mol. The summed E-state index contributed by atoms with van der Waals surface area (Å²) in [5.41, 5.74) is 6.04. The number of H-pyrrole nitrogens is 1. The van der Waals surface area contributed by atoms with Crippen molar-refractivity contribution in [2.75, 3.05) is 0 Å². The van der Waals surface area contributed by atoms with Crippen molar-refractivity contribution in [3.63, 3.8) is 0 Å². The Bertz CT molecular complexity index is 889. The number of nitrogens with zero attached hydrogens (tertiary/aromatic N) is 2. The normalized spacial score (nSPS) is 11.4. The van der Waals surface area contributed by atoms with Gasteiger partial charge in [-0.1, -0.05) is 6.07 Å². The van der Waals surface area contributed by atoms with Crippen LogP contribution >= 0.6 is 0 Å². The lowest BCUT2D eigenvalue weighted by molar-refractivity contribution is 0.602. The van der Waals surface area contributed by atoms with E-state index < -0.39 is 0 Å². The zero-order valence-corrected chi connectivity index (χ0v) is 10.3. The van der Waals surface area contributed by atoms with Crippen molar-refractivity contribution in [2.45, 2.75) is 6.92 Å². The lowest BCUT2D eigenvalue weighted by atomic mass is 10.0. The first-order chi connectivity index (χ1) is 9.33. The molecule has 0 aliphatic rings. The van der Waals surface area contributed by atoms with Crippen LogP contribution in [0.3, 0.4) is 0 Å². The molecule has 1 aromatic carbocycles. The minimum atomic E-state index is 0.802. The molecule has 4 nitrogen and oxygen atoms in total. The first-order valence-electron chi connectivity index (χ1n) is 6.09. The topological polar surface area (TPSA) is 54.7 Å². The molecule has 4 heteroatoms. The first-order valence-corrected chi connectivity index (χ1v) is 6.09. The molecule has 0 fully saturated rings. The van der Waals surface area contributed by atoms with Crippen LogP contribution in [0.1, 0.15) is 5.56 Å². The van der Waals surface area contributed by atoms with Crippen LogP contribution in [-0.4, -0.2) is 15.0 Å². The van der Waals surface area contributed by atoms with Crippen LogP contribution in [0.25, 0.3) is 33.3 Å². The van der Waals surface area contributed by atoms with E-state index in [0.717, 1.165) is 33.3 Å². The highest BCUT2D eigenvalue weighted by atomic mass is 16.3. The first kappa shape index (κ1) is 10.3. The van der Waals surface area contributed by atoms with Gasteiger partial charge in [0.25, 0.3) is 0 Å². The standard InChI is InChI=1S/C15H11N3O/c1-9-7-17-15-14(9)11(4-5-16-15)10-2-3-12-13(6-10)19-8-18-12/h2-8H,1H3,(H,16,17). The van der Waals surface area contributed by atoms with Crippen molar-refractivity contribution < 1.29 is 4.42 Å². The minimum Gasteiger partial charge on any atom is -0.443 e. The predicted octanol–water partition coefficient (Wildman–Crippen LogP) is 3.68. The summed E-state index contributed by atoms with van der Waals surface area (Å²) in [5, 5.41) is 1.15. The second kappa shape index (κ2) is 3.68. The van der Waals surface area contributed by atoms with Crippen molar-refractivity contribution in [1.82, 2.24) is 15.0 Å². The van der Waals surface area contributed by atoms with Crippen molar-refractivity contribution >= 4 is 22.1 Å². The van der Waals surface area contributed by atoms with Crippen LogP contribution in [0.5, 0.6) is 0 Å². The molecular formula is C15H11N3O. The summed E-state index contributed by atoms with van der Waals surface area (Å²) in [5.74, 6) is 0. The van der Waals surface area contributed by atoms with Gasteiger partial charge in [-0.2, -0.15) is 0 Å². The highest BCUT2D eigenvalue weighted by Crippen LogP contribution is 2.31. The molecule has 0 unspecified atom stereocenters. The smallest absolute Gasteiger partial charge is 0.181 e. The molecule has 3 heterocycles. The molecule has 3 aromatic heterocycles. The van der Waals surface area contributed by atoms with Crippen LogP contribution in [0, 0.1) is 6.92 Å². The Kier molecular flexibility index (Phi) is 2.00. The third-order valence-electron chi connectivity index (χ3n) is 3.41. The molecule has 0 aliphatic carbocycles. The molecule has 0 saturated carbocycles. The fourth-order valence-corrected chi connectivity index (χ4v) is 2.48. The third kappa shape index (κ3) is 1.46. The number of hydrogen-bond acceptors (Lipinski definition) is 3. The summed E-state index contributed by atoms with van der Waals surface area (Å²) in [4.78, 5) is 11.7. The Morgan fingerprint density at radius 2 is 2.11 bits per heavy atom. The fourth-order valence-electron chi connectivity index (χ4n) is 2.48. The average Bonchev–Trinajstić information content (AvgIpc) is 3.05. The van der Waals surface area contributed by atoms with E-state index in [4.69, 9.17) is 4.42 Å². The zero-order valence-electron chi connectivity index (χ0n) is 10.3. The number of aromatic nitrogens is 3. The Morgan fingerprint density at radius 3 is 3.05 bits per heavy atom. The number of aromatic amines is 1. The van der Waals surface area contributed by atoms with Crippen molar-refractivity contribution in [2.24, 2.45) is 0 Å². The fraction of sp³-hybridized carbons (Fsp3) is 0.0667. The van der Waals surface area contributed by atoms with Gasteiger partial charge in [0.05, 0.1) is 0 Å². The lowest BCUT2D eigenvalue weighted by Crippen LogP contribution is -1.83. The van der Waals surface area contributed by atoms with Crippen molar-refractivity contribution in [1.29, 1.82) is 0 Å². The van der Waals surface area contributed by atoms with E-state index >= 15 is 0 Å². The maximum Gasteiger partial charge on any atom is 0.181 e. The van der Waals surface area contributed by atoms with E-state index in [2.05, 4.69) is 27.9 Å². The van der Waals surface area contributed by atoms with Crippen LogP contribution in [0.2, 0.25) is 0 Å². The van der Waals surface area contributed by atoms with Crippen LogP contribution < -0.4 is 0 Å². The van der Waals surface area contributed by atoms with E-state index in [-0.39, 0.29) is 0 Å². The Balaban J connectivity index is 2.05. The molecule has 0 aliphatic heterocycles. The van der Waals surface area contributed by atoms with Crippen LogP contribution in [0.15, 0.2) is 47.5 Å². The number of nitrogens with one attached hydrogen (secondary N) is 1. The van der Waals surface area contributed by atoms with Crippen LogP contribution in [-0.2, 0) is 0 Å². The van der Waals surface area contributed by atoms with Crippen molar-refractivity contribution in [3.05, 3.63) is 48.6 Å². The highest BCUT2D eigenvalue weighted by Gasteiger charge is 2.10. The maximum atomic E-state index is 5.37. The van der Waals surface area contributed by atoms with E-state index in [0.29, 0.717) is 0 Å². The minimum absolute atomic E-state index is 0.802. The quantitative estimate of drug-likeness (QED) is 0.560. The lowest BCUT2D eigenvalue weighted by Gasteiger charge is -2.04. The molecule has 0 radical (unpaired) electrons. The summed E-state index contributed by atoms with van der Waals surface area (Å²) < 4.78 is 5.37. The van der Waals surface area contributed by atoms with Gasteiger partial charge in [-0.25, -0.2) is 9.97 Å². The molecule has 4 aromatic rings. The van der Waals surface area contributed by atoms with Gasteiger partial charge >= 0.3 is 0 Å². The van der Waals surface area contributed by atoms with E-state index in [9.17, 15) is 0 Å². The van der Waals surface area contributed by atoms with Gasteiger partial charge in [-0.15, -0.1) is 0 Å². The maximum absolute atomic E-state index is 5.37. The molecule has 0 saturated heterocycles. The van der Waals surface area contributed by atoms with Gasteiger partial charge in [0.1, 0.15) is 11.2 Å². The summed E-state index contributed by atoms with van der Waals surface area (Å²) in [6.07, 6.45) is 5.27. The van der Waals surface area contributed by atoms with Gasteiger partial charge in [-0.05, 0) is 41.8 Å². The van der Waals surface area contributed by atoms with Crippen LogP contribution in [0.4, 0.5) is 0 Å². The summed E-state index contributed by atoms with van der Waals surface area (Å²) >= 11 is 0. The predicted molar refractivity (Wildman–Crippen MR) is 73.8 cm³/mol. The largest absolute Gasteiger partial charge is 0.443 e. The Labute approximate surface area is 109 Å². The zero-order chi connectivity index (χ0) is 12.8. The van der Waals surface area contributed by atoms with E-state index in [1.54, 1.807) is 0 Å². The molecule has 0 amide bonds. The van der Waals surface area contributed by atoms with Gasteiger partial charge in [0.2, 0.25) is 0 Å². The molecule has 0 spiro atoms. The van der Waals surface area contributed by atoms with E-state index in [1.165, 1.54) is 12.0 Å². The Morgan fingerprint density at radius 1 is 1.16 bits per heavy atom. The molecule has 0 atom stereocenters. The number of rotatable bonds is 1. The monoisotopic (exact) mass is 249 g/mol. The number of benzene rings is 1. The van der Waals surface area contributed by atoms with E-state index in [1.807, 2.05) is 30.6 Å². The van der Waals surface area contributed by atoms with Gasteiger partial charge in [0.15, 0.2) is 12.0 Å². The number of hydrogen-bond donors (Lipinski definition) is 1. The van der Waals surface area contributed by atoms with Gasteiger partial charge < -0.3 is 9.40 Å². The Hall–Kier alpha value is -2.62. The summed E-state index contributed by atoms with van der Waals surface area (Å²) in [6.45, 7) is 2.08. The summed E-state index contributed by atoms with van der Waals surface area (Å²) in [7, 11) is 0. The van der Waals surface area contributed by atoms with Gasteiger partial charge in [0, 0.05) is 17.8 Å². The molecule has 1 N–H and O–H groups in total. The third-order valence-corrected chi connectivity index (χ3v) is 3.41. The van der Waals surface area contributed by atoms with Gasteiger partial charge in [-0.3, -0.25) is 0 Å². The van der Waals surface area contributed by atoms with Crippen molar-refractivity contribution in [3.8, 4) is 11.1 Å². The number of pyridine rings is 1. The second-order valence-electron chi connectivity index (χ2n) is 4.59. The number of aryl methyl sites for hydroxylation is 1.